The highest BCUT2D eigenvalue weighted by molar-refractivity contribution is 5.87. The number of furan rings is 1. The predicted octanol–water partition coefficient (Wildman–Crippen LogP) is 3.60. The molecule has 0 aliphatic rings. The molecule has 0 bridgehead atoms. The van der Waals surface area contributed by atoms with E-state index < -0.39 is 0 Å². The Labute approximate surface area is 123 Å². The average Bonchev–Trinajstić information content (AvgIpc) is 2.88. The second-order valence-corrected chi connectivity index (χ2v) is 5.20. The zero-order chi connectivity index (χ0) is 14.7. The van der Waals surface area contributed by atoms with Crippen LogP contribution in [0.5, 0.6) is 0 Å². The number of hydrogen-bond acceptors (Lipinski definition) is 2. The van der Waals surface area contributed by atoms with E-state index in [9.17, 15) is 4.79 Å². The number of carbonyl (C=O) groups is 1. The minimum atomic E-state index is 0.00197. The Kier molecular flexibility index (Phi) is 3.73. The van der Waals surface area contributed by atoms with E-state index in [0.29, 0.717) is 13.0 Å². The lowest BCUT2D eigenvalue weighted by molar-refractivity contribution is -0.120. The van der Waals surface area contributed by atoms with Crippen molar-refractivity contribution < 1.29 is 9.21 Å². The van der Waals surface area contributed by atoms with Gasteiger partial charge in [0, 0.05) is 17.5 Å². The second-order valence-electron chi connectivity index (χ2n) is 5.20. The van der Waals surface area contributed by atoms with E-state index in [1.165, 1.54) is 0 Å². The maximum absolute atomic E-state index is 12.0. The van der Waals surface area contributed by atoms with E-state index in [2.05, 4.69) is 5.32 Å². The third-order valence-electron chi connectivity index (χ3n) is 3.49. The summed E-state index contributed by atoms with van der Waals surface area (Å²) in [6, 6.07) is 15.9. The number of amides is 1. The van der Waals surface area contributed by atoms with Crippen LogP contribution in [0.4, 0.5) is 0 Å². The van der Waals surface area contributed by atoms with Gasteiger partial charge in [-0.05, 0) is 24.1 Å². The lowest BCUT2D eigenvalue weighted by atomic mass is 10.1. The summed E-state index contributed by atoms with van der Waals surface area (Å²) in [4.78, 5) is 12.0. The molecule has 0 saturated heterocycles. The van der Waals surface area contributed by atoms with Crippen molar-refractivity contribution >= 4 is 16.9 Å². The lowest BCUT2D eigenvalue weighted by Crippen LogP contribution is -2.24. The van der Waals surface area contributed by atoms with Crippen molar-refractivity contribution in [1.82, 2.24) is 5.32 Å². The third kappa shape index (κ3) is 3.14. The van der Waals surface area contributed by atoms with Crippen molar-refractivity contribution in [3.8, 4) is 0 Å². The standard InChI is InChI=1S/C18H17NO2/c1-13-7-8-16-15(12-21-17(16)9-13)10-18(20)19-11-14-5-3-2-4-6-14/h2-9,12H,10-11H2,1H3,(H,19,20). The van der Waals surface area contributed by atoms with Crippen LogP contribution in [0.3, 0.4) is 0 Å². The van der Waals surface area contributed by atoms with Crippen LogP contribution in [0.2, 0.25) is 0 Å². The fourth-order valence-electron chi connectivity index (χ4n) is 2.36. The fraction of sp³-hybridized carbons (Fsp3) is 0.167. The number of carbonyl (C=O) groups excluding carboxylic acids is 1. The molecule has 0 radical (unpaired) electrons. The smallest absolute Gasteiger partial charge is 0.224 e. The van der Waals surface area contributed by atoms with Gasteiger partial charge in [0.2, 0.25) is 5.91 Å². The summed E-state index contributed by atoms with van der Waals surface area (Å²) in [7, 11) is 0. The molecule has 0 saturated carbocycles. The van der Waals surface area contributed by atoms with Gasteiger partial charge >= 0.3 is 0 Å². The van der Waals surface area contributed by atoms with Gasteiger partial charge in [0.25, 0.3) is 0 Å². The molecule has 3 aromatic rings. The highest BCUT2D eigenvalue weighted by Gasteiger charge is 2.10. The molecular formula is C18H17NO2. The average molecular weight is 279 g/mol. The molecule has 3 heteroatoms. The largest absolute Gasteiger partial charge is 0.464 e. The molecule has 1 N–H and O–H groups in total. The Bertz CT molecular complexity index is 759. The number of aryl methyl sites for hydroxylation is 1. The van der Waals surface area contributed by atoms with Crippen molar-refractivity contribution in [3.63, 3.8) is 0 Å². The van der Waals surface area contributed by atoms with Crippen LogP contribution in [-0.4, -0.2) is 5.91 Å². The van der Waals surface area contributed by atoms with Crippen molar-refractivity contribution in [2.45, 2.75) is 19.9 Å². The highest BCUT2D eigenvalue weighted by atomic mass is 16.3. The quantitative estimate of drug-likeness (QED) is 0.793. The molecule has 0 aliphatic carbocycles. The molecule has 0 unspecified atom stereocenters. The van der Waals surface area contributed by atoms with E-state index in [1.54, 1.807) is 6.26 Å². The monoisotopic (exact) mass is 279 g/mol. The van der Waals surface area contributed by atoms with E-state index in [1.807, 2.05) is 55.5 Å². The molecule has 1 amide bonds. The number of benzene rings is 2. The summed E-state index contributed by atoms with van der Waals surface area (Å²) < 4.78 is 5.51. The van der Waals surface area contributed by atoms with Gasteiger partial charge < -0.3 is 9.73 Å². The number of rotatable bonds is 4. The van der Waals surface area contributed by atoms with Crippen LogP contribution in [-0.2, 0) is 17.8 Å². The summed E-state index contributed by atoms with van der Waals surface area (Å²) in [5.41, 5.74) is 4.01. The normalized spacial score (nSPS) is 10.7. The predicted molar refractivity (Wildman–Crippen MR) is 82.9 cm³/mol. The van der Waals surface area contributed by atoms with Gasteiger partial charge in [-0.25, -0.2) is 0 Å². The minimum Gasteiger partial charge on any atom is -0.464 e. The van der Waals surface area contributed by atoms with Crippen LogP contribution < -0.4 is 5.32 Å². The minimum absolute atomic E-state index is 0.00197. The van der Waals surface area contributed by atoms with Crippen LogP contribution in [0.15, 0.2) is 59.2 Å². The first-order valence-corrected chi connectivity index (χ1v) is 7.00. The van der Waals surface area contributed by atoms with Crippen LogP contribution >= 0.6 is 0 Å². The highest BCUT2D eigenvalue weighted by Crippen LogP contribution is 2.22. The molecule has 3 nitrogen and oxygen atoms in total. The van der Waals surface area contributed by atoms with Gasteiger partial charge in [-0.15, -0.1) is 0 Å². The Balaban J connectivity index is 1.66. The molecule has 0 spiro atoms. The summed E-state index contributed by atoms with van der Waals surface area (Å²) in [5.74, 6) is 0.00197. The van der Waals surface area contributed by atoms with Crippen LogP contribution in [0, 0.1) is 6.92 Å². The van der Waals surface area contributed by atoms with E-state index in [0.717, 1.165) is 27.7 Å². The van der Waals surface area contributed by atoms with Crippen molar-refractivity contribution in [3.05, 3.63) is 71.5 Å². The second kappa shape index (κ2) is 5.83. The van der Waals surface area contributed by atoms with Crippen LogP contribution in [0.1, 0.15) is 16.7 Å². The summed E-state index contributed by atoms with van der Waals surface area (Å²) in [6.07, 6.45) is 2.01. The molecule has 3 rings (SSSR count). The third-order valence-corrected chi connectivity index (χ3v) is 3.49. The summed E-state index contributed by atoms with van der Waals surface area (Å²) in [6.45, 7) is 2.57. The molecule has 0 fully saturated rings. The van der Waals surface area contributed by atoms with E-state index in [-0.39, 0.29) is 5.91 Å². The van der Waals surface area contributed by atoms with Crippen molar-refractivity contribution in [2.24, 2.45) is 0 Å². The molecule has 2 aromatic carbocycles. The summed E-state index contributed by atoms with van der Waals surface area (Å²) in [5, 5.41) is 3.94. The molecular weight excluding hydrogens is 262 g/mol. The molecule has 1 heterocycles. The zero-order valence-corrected chi connectivity index (χ0v) is 11.9. The Morgan fingerprint density at radius 2 is 1.95 bits per heavy atom. The molecule has 1 aromatic heterocycles. The first-order valence-electron chi connectivity index (χ1n) is 7.00. The fourth-order valence-corrected chi connectivity index (χ4v) is 2.36. The van der Waals surface area contributed by atoms with Gasteiger partial charge in [-0.2, -0.15) is 0 Å². The Morgan fingerprint density at radius 1 is 1.14 bits per heavy atom. The summed E-state index contributed by atoms with van der Waals surface area (Å²) >= 11 is 0. The SMILES string of the molecule is Cc1ccc2c(CC(=O)NCc3ccccc3)coc2c1. The number of hydrogen-bond donors (Lipinski definition) is 1. The number of nitrogens with one attached hydrogen (secondary N) is 1. The van der Waals surface area contributed by atoms with E-state index in [4.69, 9.17) is 4.42 Å². The lowest BCUT2D eigenvalue weighted by Gasteiger charge is -2.04. The number of fused-ring (bicyclic) bond motifs is 1. The molecule has 0 atom stereocenters. The maximum Gasteiger partial charge on any atom is 0.224 e. The first-order chi connectivity index (χ1) is 10.2. The first kappa shape index (κ1) is 13.4. The zero-order valence-electron chi connectivity index (χ0n) is 11.9. The van der Waals surface area contributed by atoms with Crippen molar-refractivity contribution in [2.75, 3.05) is 0 Å². The van der Waals surface area contributed by atoms with Gasteiger partial charge in [0.1, 0.15) is 5.58 Å². The van der Waals surface area contributed by atoms with Gasteiger partial charge in [-0.1, -0.05) is 42.5 Å². The molecule has 0 aliphatic heterocycles. The van der Waals surface area contributed by atoms with Crippen LogP contribution in [0.25, 0.3) is 11.0 Å². The van der Waals surface area contributed by atoms with Gasteiger partial charge in [-0.3, -0.25) is 4.79 Å². The van der Waals surface area contributed by atoms with Gasteiger partial charge in [0.05, 0.1) is 12.7 Å². The Hall–Kier alpha value is -2.55. The molecule has 106 valence electrons. The van der Waals surface area contributed by atoms with Gasteiger partial charge in [0.15, 0.2) is 0 Å². The van der Waals surface area contributed by atoms with E-state index >= 15 is 0 Å². The Morgan fingerprint density at radius 3 is 2.76 bits per heavy atom. The maximum atomic E-state index is 12.0. The van der Waals surface area contributed by atoms with Crippen molar-refractivity contribution in [1.29, 1.82) is 0 Å². The molecule has 21 heavy (non-hydrogen) atoms. The topological polar surface area (TPSA) is 42.2 Å².